The van der Waals surface area contributed by atoms with Crippen LogP contribution in [0.25, 0.3) is 0 Å². The van der Waals surface area contributed by atoms with Gasteiger partial charge in [0.15, 0.2) is 0 Å². The Morgan fingerprint density at radius 2 is 1.85 bits per heavy atom. The van der Waals surface area contributed by atoms with Crippen LogP contribution in [0.1, 0.15) is 37.8 Å². The quantitative estimate of drug-likeness (QED) is 0.734. The standard InChI is InChI=1S/C16H25NO2S/c1-4-16(5-2,20-3)12-17-11-14-9-7-6-8-13(14)10-15(18)19/h6-9,17H,4-5,10-12H2,1-3H3,(H,18,19). The van der Waals surface area contributed by atoms with Crippen molar-refractivity contribution in [1.82, 2.24) is 5.32 Å². The van der Waals surface area contributed by atoms with Gasteiger partial charge in [-0.1, -0.05) is 38.1 Å². The molecule has 0 amide bonds. The Morgan fingerprint density at radius 3 is 2.35 bits per heavy atom. The Bertz CT molecular complexity index is 422. The predicted octanol–water partition coefficient (Wildman–Crippen LogP) is 3.33. The van der Waals surface area contributed by atoms with Crippen molar-refractivity contribution in [3.05, 3.63) is 35.4 Å². The van der Waals surface area contributed by atoms with E-state index in [9.17, 15) is 4.79 Å². The maximum atomic E-state index is 10.9. The average molecular weight is 295 g/mol. The summed E-state index contributed by atoms with van der Waals surface area (Å²) >= 11 is 1.91. The second kappa shape index (κ2) is 8.32. The SMILES string of the molecule is CCC(CC)(CNCc1ccccc1CC(=O)O)SC. The maximum absolute atomic E-state index is 10.9. The van der Waals surface area contributed by atoms with Gasteiger partial charge in [0.2, 0.25) is 0 Å². The molecule has 0 radical (unpaired) electrons. The highest BCUT2D eigenvalue weighted by atomic mass is 32.2. The molecule has 0 unspecified atom stereocenters. The summed E-state index contributed by atoms with van der Waals surface area (Å²) in [6.07, 6.45) is 4.52. The molecule has 112 valence electrons. The lowest BCUT2D eigenvalue weighted by Crippen LogP contribution is -2.36. The molecule has 1 aromatic rings. The Morgan fingerprint density at radius 1 is 1.25 bits per heavy atom. The monoisotopic (exact) mass is 295 g/mol. The molecule has 20 heavy (non-hydrogen) atoms. The van der Waals surface area contributed by atoms with E-state index in [1.165, 1.54) is 0 Å². The Hall–Kier alpha value is -1.00. The number of rotatable bonds is 9. The number of carboxylic acids is 1. The summed E-state index contributed by atoms with van der Waals surface area (Å²) in [7, 11) is 0. The van der Waals surface area contributed by atoms with Crippen LogP contribution in [0.15, 0.2) is 24.3 Å². The van der Waals surface area contributed by atoms with Crippen LogP contribution in [0, 0.1) is 0 Å². The Labute approximate surface area is 126 Å². The molecule has 0 aliphatic rings. The van der Waals surface area contributed by atoms with Crippen molar-refractivity contribution in [1.29, 1.82) is 0 Å². The first-order valence-corrected chi connectivity index (χ1v) is 8.33. The van der Waals surface area contributed by atoms with E-state index in [0.29, 0.717) is 0 Å². The van der Waals surface area contributed by atoms with Gasteiger partial charge in [0.25, 0.3) is 0 Å². The molecule has 3 nitrogen and oxygen atoms in total. The molecular weight excluding hydrogens is 270 g/mol. The number of hydrogen-bond acceptors (Lipinski definition) is 3. The van der Waals surface area contributed by atoms with Crippen LogP contribution < -0.4 is 5.32 Å². The van der Waals surface area contributed by atoms with Gasteiger partial charge in [-0.2, -0.15) is 11.8 Å². The molecule has 0 aliphatic carbocycles. The minimum absolute atomic E-state index is 0.0904. The molecule has 0 atom stereocenters. The van der Waals surface area contributed by atoms with E-state index in [1.54, 1.807) is 0 Å². The van der Waals surface area contributed by atoms with Gasteiger partial charge >= 0.3 is 5.97 Å². The number of benzene rings is 1. The van der Waals surface area contributed by atoms with Gasteiger partial charge in [-0.3, -0.25) is 4.79 Å². The fourth-order valence-electron chi connectivity index (χ4n) is 2.35. The number of nitrogens with one attached hydrogen (secondary N) is 1. The van der Waals surface area contributed by atoms with Crippen LogP contribution in [-0.4, -0.2) is 28.6 Å². The molecule has 0 aromatic heterocycles. The summed E-state index contributed by atoms with van der Waals surface area (Å²) < 4.78 is 0.280. The maximum Gasteiger partial charge on any atom is 0.307 e. The van der Waals surface area contributed by atoms with E-state index in [0.717, 1.165) is 37.1 Å². The molecule has 0 fully saturated rings. The largest absolute Gasteiger partial charge is 0.481 e. The van der Waals surface area contributed by atoms with E-state index in [4.69, 9.17) is 5.11 Å². The highest BCUT2D eigenvalue weighted by Crippen LogP contribution is 2.29. The molecule has 0 saturated carbocycles. The summed E-state index contributed by atoms with van der Waals surface area (Å²) in [6, 6.07) is 7.76. The molecule has 1 aromatic carbocycles. The summed E-state index contributed by atoms with van der Waals surface area (Å²) in [5, 5.41) is 12.4. The Balaban J connectivity index is 2.64. The molecule has 0 saturated heterocycles. The smallest absolute Gasteiger partial charge is 0.307 e. The van der Waals surface area contributed by atoms with Gasteiger partial charge in [0.1, 0.15) is 0 Å². The molecule has 1 rings (SSSR count). The first-order chi connectivity index (χ1) is 9.56. The van der Waals surface area contributed by atoms with Crippen molar-refractivity contribution in [2.45, 2.75) is 44.4 Å². The van der Waals surface area contributed by atoms with Crippen LogP contribution in [0.4, 0.5) is 0 Å². The van der Waals surface area contributed by atoms with Crippen molar-refractivity contribution in [2.24, 2.45) is 0 Å². The highest BCUT2D eigenvalue weighted by molar-refractivity contribution is 8.00. The Kier molecular flexibility index (Phi) is 7.10. The third-order valence-electron chi connectivity index (χ3n) is 3.94. The van der Waals surface area contributed by atoms with Gasteiger partial charge in [-0.05, 0) is 30.2 Å². The van der Waals surface area contributed by atoms with Gasteiger partial charge in [0.05, 0.1) is 6.42 Å². The minimum atomic E-state index is -0.780. The molecule has 4 heteroatoms. The number of aliphatic carboxylic acids is 1. The normalized spacial score (nSPS) is 11.6. The van der Waals surface area contributed by atoms with Crippen LogP contribution >= 0.6 is 11.8 Å². The second-order valence-electron chi connectivity index (χ2n) is 5.04. The van der Waals surface area contributed by atoms with Crippen LogP contribution in [0.2, 0.25) is 0 Å². The summed E-state index contributed by atoms with van der Waals surface area (Å²) in [5.74, 6) is -0.780. The van der Waals surface area contributed by atoms with Crippen molar-refractivity contribution < 1.29 is 9.90 Å². The number of thioether (sulfide) groups is 1. The lowest BCUT2D eigenvalue weighted by molar-refractivity contribution is -0.136. The zero-order valence-electron chi connectivity index (χ0n) is 12.6. The first kappa shape index (κ1) is 17.1. The molecule has 2 N–H and O–H groups in total. The van der Waals surface area contributed by atoms with Gasteiger partial charge < -0.3 is 10.4 Å². The van der Waals surface area contributed by atoms with Crippen LogP contribution in [0.3, 0.4) is 0 Å². The fraction of sp³-hybridized carbons (Fsp3) is 0.562. The van der Waals surface area contributed by atoms with Crippen molar-refractivity contribution in [3.63, 3.8) is 0 Å². The van der Waals surface area contributed by atoms with Crippen LogP contribution in [0.5, 0.6) is 0 Å². The summed E-state index contributed by atoms with van der Waals surface area (Å²) in [6.45, 7) is 6.12. The lowest BCUT2D eigenvalue weighted by Gasteiger charge is -2.30. The third kappa shape index (κ3) is 4.84. The zero-order valence-corrected chi connectivity index (χ0v) is 13.4. The zero-order chi connectivity index (χ0) is 15.0. The van der Waals surface area contributed by atoms with Crippen molar-refractivity contribution in [2.75, 3.05) is 12.8 Å². The molecule has 0 spiro atoms. The molecular formula is C16H25NO2S. The first-order valence-electron chi connectivity index (χ1n) is 7.11. The minimum Gasteiger partial charge on any atom is -0.481 e. The molecule has 0 heterocycles. The highest BCUT2D eigenvalue weighted by Gasteiger charge is 2.24. The van der Waals surface area contributed by atoms with Gasteiger partial charge in [-0.15, -0.1) is 0 Å². The topological polar surface area (TPSA) is 49.3 Å². The van der Waals surface area contributed by atoms with Crippen molar-refractivity contribution in [3.8, 4) is 0 Å². The van der Waals surface area contributed by atoms with Crippen LogP contribution in [-0.2, 0) is 17.8 Å². The van der Waals surface area contributed by atoms with Gasteiger partial charge in [-0.25, -0.2) is 0 Å². The van der Waals surface area contributed by atoms with Crippen molar-refractivity contribution >= 4 is 17.7 Å². The molecule has 0 aliphatic heterocycles. The summed E-state index contributed by atoms with van der Waals surface area (Å²) in [4.78, 5) is 10.9. The van der Waals surface area contributed by atoms with E-state index < -0.39 is 5.97 Å². The molecule has 0 bridgehead atoms. The third-order valence-corrected chi connectivity index (χ3v) is 5.53. The fourth-order valence-corrected chi connectivity index (χ4v) is 3.17. The predicted molar refractivity (Wildman–Crippen MR) is 86.3 cm³/mol. The summed E-state index contributed by atoms with van der Waals surface area (Å²) in [5.41, 5.74) is 1.98. The van der Waals surface area contributed by atoms with E-state index in [-0.39, 0.29) is 11.2 Å². The van der Waals surface area contributed by atoms with Gasteiger partial charge in [0, 0.05) is 17.8 Å². The number of carboxylic acid groups (broad SMARTS) is 1. The number of carbonyl (C=O) groups is 1. The van der Waals surface area contributed by atoms with E-state index in [2.05, 4.69) is 25.4 Å². The lowest BCUT2D eigenvalue weighted by atomic mass is 10.0. The number of hydrogen-bond donors (Lipinski definition) is 2. The second-order valence-corrected chi connectivity index (χ2v) is 6.31. The van der Waals surface area contributed by atoms with E-state index in [1.807, 2.05) is 36.0 Å². The average Bonchev–Trinajstić information content (AvgIpc) is 2.45. The van der Waals surface area contributed by atoms with E-state index >= 15 is 0 Å².